The van der Waals surface area contributed by atoms with E-state index >= 15 is 0 Å². The average molecular weight is 334 g/mol. The smallest absolute Gasteiger partial charge is 0.0156 e. The molecule has 2 fully saturated rings. The summed E-state index contributed by atoms with van der Waals surface area (Å²) in [6.07, 6.45) is 10.6. The molecule has 0 radical (unpaired) electrons. The van der Waals surface area contributed by atoms with Crippen molar-refractivity contribution in [2.75, 3.05) is 6.16 Å². The SMILES string of the molecule is C=CC1([C@H]2CCC[C@@H]2c2ccccc2)CCC[P@]1c1ccccc1. The van der Waals surface area contributed by atoms with Gasteiger partial charge in [0.2, 0.25) is 0 Å². The first-order valence-corrected chi connectivity index (χ1v) is 10.9. The highest BCUT2D eigenvalue weighted by molar-refractivity contribution is 7.67. The lowest BCUT2D eigenvalue weighted by Gasteiger charge is -2.42. The summed E-state index contributed by atoms with van der Waals surface area (Å²) in [6, 6.07) is 22.6. The third-order valence-corrected chi connectivity index (χ3v) is 9.70. The molecule has 0 aromatic heterocycles. The summed E-state index contributed by atoms with van der Waals surface area (Å²) in [5.41, 5.74) is 1.55. The van der Waals surface area contributed by atoms with E-state index in [0.717, 1.165) is 11.8 Å². The zero-order chi connectivity index (χ0) is 16.4. The van der Waals surface area contributed by atoms with Crippen LogP contribution in [0.2, 0.25) is 0 Å². The largest absolute Gasteiger partial charge is 0.102 e. The lowest BCUT2D eigenvalue weighted by molar-refractivity contribution is 0.388. The minimum atomic E-state index is -0.134. The predicted octanol–water partition coefficient (Wildman–Crippen LogP) is 6.10. The normalized spacial score (nSPS) is 32.8. The molecule has 1 unspecified atom stereocenters. The standard InChI is InChI=1S/C23H27P/c1-2-23(17-10-18-24(23)20-13-7-4-8-14-20)22-16-9-15-21(22)19-11-5-3-6-12-19/h2-8,11-14,21-22H,1,9-10,15-18H2/t21-,22+,23?,24-/m1/s1. The molecule has 2 aromatic rings. The summed E-state index contributed by atoms with van der Waals surface area (Å²) in [5.74, 6) is 1.49. The van der Waals surface area contributed by atoms with Gasteiger partial charge in [0, 0.05) is 5.16 Å². The number of allylic oxidation sites excluding steroid dienone is 1. The van der Waals surface area contributed by atoms with E-state index in [2.05, 4.69) is 73.3 Å². The Labute approximate surface area is 147 Å². The van der Waals surface area contributed by atoms with Gasteiger partial charge in [0.25, 0.3) is 0 Å². The van der Waals surface area contributed by atoms with E-state index < -0.39 is 0 Å². The average Bonchev–Trinajstić information content (AvgIpc) is 3.30. The van der Waals surface area contributed by atoms with Gasteiger partial charge in [-0.1, -0.05) is 81.1 Å². The second-order valence-electron chi connectivity index (χ2n) is 7.34. The molecule has 0 nitrogen and oxygen atoms in total. The van der Waals surface area contributed by atoms with Gasteiger partial charge in [-0.25, -0.2) is 0 Å². The maximum absolute atomic E-state index is 4.38. The van der Waals surface area contributed by atoms with Crippen LogP contribution in [0.1, 0.15) is 43.6 Å². The summed E-state index contributed by atoms with van der Waals surface area (Å²) < 4.78 is 0. The molecule has 4 atom stereocenters. The Kier molecular flexibility index (Phi) is 4.59. The van der Waals surface area contributed by atoms with Crippen molar-refractivity contribution in [3.05, 3.63) is 78.9 Å². The number of rotatable bonds is 4. The second-order valence-corrected chi connectivity index (χ2v) is 9.99. The van der Waals surface area contributed by atoms with Gasteiger partial charge in [0.15, 0.2) is 0 Å². The minimum Gasteiger partial charge on any atom is -0.102 e. The summed E-state index contributed by atoms with van der Waals surface area (Å²) in [4.78, 5) is 0. The van der Waals surface area contributed by atoms with Crippen molar-refractivity contribution in [2.45, 2.75) is 43.2 Å². The topological polar surface area (TPSA) is 0 Å². The van der Waals surface area contributed by atoms with Crippen LogP contribution in [0.5, 0.6) is 0 Å². The molecule has 1 aliphatic heterocycles. The van der Waals surface area contributed by atoms with Crippen molar-refractivity contribution in [1.82, 2.24) is 0 Å². The first-order valence-electron chi connectivity index (χ1n) is 9.36. The Balaban J connectivity index is 1.72. The van der Waals surface area contributed by atoms with Gasteiger partial charge in [-0.3, -0.25) is 0 Å². The van der Waals surface area contributed by atoms with Crippen LogP contribution in [0.25, 0.3) is 0 Å². The quantitative estimate of drug-likeness (QED) is 0.468. The molecular weight excluding hydrogens is 307 g/mol. The zero-order valence-corrected chi connectivity index (χ0v) is 15.3. The second kappa shape index (κ2) is 6.85. The summed E-state index contributed by atoms with van der Waals surface area (Å²) in [6.45, 7) is 4.38. The van der Waals surface area contributed by atoms with Crippen LogP contribution in [-0.2, 0) is 0 Å². The van der Waals surface area contributed by atoms with Gasteiger partial charge in [-0.2, -0.15) is 0 Å². The molecule has 0 spiro atoms. The molecule has 1 saturated carbocycles. The first kappa shape index (κ1) is 16.1. The van der Waals surface area contributed by atoms with Gasteiger partial charge >= 0.3 is 0 Å². The van der Waals surface area contributed by atoms with Crippen LogP contribution in [0, 0.1) is 5.92 Å². The maximum atomic E-state index is 4.38. The van der Waals surface area contributed by atoms with E-state index in [1.54, 1.807) is 10.9 Å². The summed E-state index contributed by atoms with van der Waals surface area (Å²) >= 11 is 0. The molecule has 1 aliphatic carbocycles. The molecule has 1 saturated heterocycles. The fraction of sp³-hybridized carbons (Fsp3) is 0.391. The predicted molar refractivity (Wildman–Crippen MR) is 107 cm³/mol. The number of hydrogen-bond donors (Lipinski definition) is 0. The fourth-order valence-corrected chi connectivity index (χ4v) is 8.77. The van der Waals surface area contributed by atoms with Crippen LogP contribution in [0.3, 0.4) is 0 Å². The van der Waals surface area contributed by atoms with Crippen molar-refractivity contribution in [2.24, 2.45) is 5.92 Å². The molecule has 0 amide bonds. The van der Waals surface area contributed by atoms with Crippen LogP contribution in [-0.4, -0.2) is 11.3 Å². The van der Waals surface area contributed by atoms with Crippen LogP contribution >= 0.6 is 7.92 Å². The van der Waals surface area contributed by atoms with E-state index in [9.17, 15) is 0 Å². The molecule has 2 aromatic carbocycles. The number of hydrogen-bond acceptors (Lipinski definition) is 0. The Morgan fingerprint density at radius 1 is 0.917 bits per heavy atom. The molecule has 1 heteroatoms. The van der Waals surface area contributed by atoms with Gasteiger partial charge in [0.05, 0.1) is 0 Å². The van der Waals surface area contributed by atoms with Gasteiger partial charge in [-0.05, 0) is 54.5 Å². The van der Waals surface area contributed by atoms with Crippen molar-refractivity contribution in [1.29, 1.82) is 0 Å². The fourth-order valence-electron chi connectivity index (χ4n) is 5.25. The molecule has 124 valence electrons. The highest BCUT2D eigenvalue weighted by Crippen LogP contribution is 2.66. The summed E-state index contributed by atoms with van der Waals surface area (Å²) in [7, 11) is -0.134. The Bertz CT molecular complexity index is 678. The molecular formula is C23H27P. The number of benzene rings is 2. The highest BCUT2D eigenvalue weighted by Gasteiger charge is 2.50. The Morgan fingerprint density at radius 3 is 2.33 bits per heavy atom. The lowest BCUT2D eigenvalue weighted by atomic mass is 9.77. The van der Waals surface area contributed by atoms with Crippen molar-refractivity contribution in [3.63, 3.8) is 0 Å². The molecule has 0 N–H and O–H groups in total. The van der Waals surface area contributed by atoms with Gasteiger partial charge < -0.3 is 0 Å². The van der Waals surface area contributed by atoms with Crippen LogP contribution < -0.4 is 5.30 Å². The van der Waals surface area contributed by atoms with E-state index in [1.807, 2.05) is 0 Å². The summed E-state index contributed by atoms with van der Waals surface area (Å²) in [5, 5.41) is 1.93. The van der Waals surface area contributed by atoms with Crippen LogP contribution in [0.15, 0.2) is 73.3 Å². The molecule has 4 rings (SSSR count). The van der Waals surface area contributed by atoms with Crippen molar-refractivity contribution >= 4 is 13.2 Å². The first-order chi connectivity index (χ1) is 11.8. The Morgan fingerprint density at radius 2 is 1.62 bits per heavy atom. The Hall–Kier alpha value is -1.39. The molecule has 2 aliphatic rings. The lowest BCUT2D eigenvalue weighted by Crippen LogP contribution is -2.35. The van der Waals surface area contributed by atoms with E-state index in [-0.39, 0.29) is 7.92 Å². The van der Waals surface area contributed by atoms with Crippen LogP contribution in [0.4, 0.5) is 0 Å². The zero-order valence-electron chi connectivity index (χ0n) is 14.4. The van der Waals surface area contributed by atoms with Crippen molar-refractivity contribution < 1.29 is 0 Å². The van der Waals surface area contributed by atoms with E-state index in [1.165, 1.54) is 38.3 Å². The van der Waals surface area contributed by atoms with Crippen molar-refractivity contribution in [3.8, 4) is 0 Å². The van der Waals surface area contributed by atoms with Gasteiger partial charge in [0.1, 0.15) is 0 Å². The molecule has 24 heavy (non-hydrogen) atoms. The monoisotopic (exact) mass is 334 g/mol. The maximum Gasteiger partial charge on any atom is 0.0156 e. The molecule has 0 bridgehead atoms. The third-order valence-electron chi connectivity index (χ3n) is 6.27. The van der Waals surface area contributed by atoms with E-state index in [0.29, 0.717) is 5.16 Å². The minimum absolute atomic E-state index is 0.134. The van der Waals surface area contributed by atoms with E-state index in [4.69, 9.17) is 0 Å². The highest BCUT2D eigenvalue weighted by atomic mass is 31.1. The van der Waals surface area contributed by atoms with Gasteiger partial charge in [-0.15, -0.1) is 6.58 Å². The molecule has 1 heterocycles. The third kappa shape index (κ3) is 2.66.